The number of rotatable bonds is 7. The van der Waals surface area contributed by atoms with Crippen molar-refractivity contribution >= 4 is 17.4 Å². The molecule has 1 aromatic heterocycles. The van der Waals surface area contributed by atoms with Gasteiger partial charge < -0.3 is 14.8 Å². The molecule has 1 aliphatic rings. The molecule has 7 heteroatoms. The lowest BCUT2D eigenvalue weighted by molar-refractivity contribution is 0.220. The van der Waals surface area contributed by atoms with Gasteiger partial charge in [-0.3, -0.25) is 0 Å². The smallest absolute Gasteiger partial charge is 0.247 e. The number of nitrogens with zero attached hydrogens (tertiary/aromatic N) is 3. The van der Waals surface area contributed by atoms with Crippen molar-refractivity contribution in [3.05, 3.63) is 54.1 Å². The van der Waals surface area contributed by atoms with Crippen LogP contribution in [0, 0.1) is 0 Å². The van der Waals surface area contributed by atoms with E-state index in [4.69, 9.17) is 9.47 Å². The fourth-order valence-electron chi connectivity index (χ4n) is 3.25. The maximum absolute atomic E-state index is 6.32. The number of nitrogens with one attached hydrogen (secondary N) is 1. The van der Waals surface area contributed by atoms with E-state index in [0.29, 0.717) is 16.7 Å². The van der Waals surface area contributed by atoms with E-state index in [0.717, 1.165) is 34.7 Å². The van der Waals surface area contributed by atoms with Gasteiger partial charge in [0.2, 0.25) is 17.3 Å². The van der Waals surface area contributed by atoms with Crippen molar-refractivity contribution in [3.63, 3.8) is 0 Å². The molecule has 6 nitrogen and oxygen atoms in total. The van der Waals surface area contributed by atoms with Gasteiger partial charge in [-0.2, -0.15) is 4.98 Å². The van der Waals surface area contributed by atoms with Crippen molar-refractivity contribution in [2.75, 3.05) is 18.2 Å². The zero-order valence-electron chi connectivity index (χ0n) is 16.6. The number of para-hydroxylation sites is 2. The average molecular weight is 409 g/mol. The van der Waals surface area contributed by atoms with Crippen LogP contribution in [0.1, 0.15) is 38.0 Å². The summed E-state index contributed by atoms with van der Waals surface area (Å²) in [5.41, 5.74) is 3.38. The van der Waals surface area contributed by atoms with Crippen molar-refractivity contribution in [2.24, 2.45) is 0 Å². The van der Waals surface area contributed by atoms with Gasteiger partial charge in [0.05, 0.1) is 12.7 Å². The molecule has 0 fully saturated rings. The first kappa shape index (κ1) is 19.5. The molecule has 0 bridgehead atoms. The first-order valence-electron chi connectivity index (χ1n) is 9.83. The Hall–Kier alpha value is -2.80. The molecule has 150 valence electrons. The molecule has 0 unspecified atom stereocenters. The Kier molecular flexibility index (Phi) is 6.14. The molecule has 0 saturated heterocycles. The lowest BCUT2D eigenvalue weighted by atomic mass is 10.1. The van der Waals surface area contributed by atoms with E-state index >= 15 is 0 Å². The van der Waals surface area contributed by atoms with Gasteiger partial charge >= 0.3 is 0 Å². The van der Waals surface area contributed by atoms with Crippen molar-refractivity contribution in [3.8, 4) is 22.9 Å². The number of unbranched alkanes of at least 4 members (excludes halogenated alkanes) is 2. The summed E-state index contributed by atoms with van der Waals surface area (Å²) >= 11 is 1.62. The molecule has 0 amide bonds. The fourth-order valence-corrected chi connectivity index (χ4v) is 4.02. The van der Waals surface area contributed by atoms with Gasteiger partial charge in [-0.05, 0) is 24.6 Å². The Morgan fingerprint density at radius 1 is 1.07 bits per heavy atom. The second-order valence-electron chi connectivity index (χ2n) is 6.73. The predicted octanol–water partition coefficient (Wildman–Crippen LogP) is 5.33. The molecule has 4 rings (SSSR count). The maximum atomic E-state index is 6.32. The number of aromatic nitrogens is 3. The quantitative estimate of drug-likeness (QED) is 0.418. The molecule has 0 saturated carbocycles. The van der Waals surface area contributed by atoms with Crippen molar-refractivity contribution in [1.29, 1.82) is 0 Å². The minimum Gasteiger partial charge on any atom is -0.496 e. The Bertz CT molecular complexity index is 983. The number of thioether (sulfide) groups is 1. The summed E-state index contributed by atoms with van der Waals surface area (Å²) in [5.74, 6) is 2.20. The molecule has 0 aliphatic carbocycles. The highest BCUT2D eigenvalue weighted by Gasteiger charge is 2.27. The van der Waals surface area contributed by atoms with Crippen LogP contribution >= 0.6 is 11.8 Å². The first-order chi connectivity index (χ1) is 14.3. The molecular weight excluding hydrogens is 384 g/mol. The van der Waals surface area contributed by atoms with E-state index in [-0.39, 0.29) is 0 Å². The van der Waals surface area contributed by atoms with Gasteiger partial charge in [0.15, 0.2) is 5.69 Å². The summed E-state index contributed by atoms with van der Waals surface area (Å²) in [6, 6.07) is 15.8. The monoisotopic (exact) mass is 408 g/mol. The van der Waals surface area contributed by atoms with E-state index in [1.54, 1.807) is 18.9 Å². The zero-order valence-corrected chi connectivity index (χ0v) is 17.4. The van der Waals surface area contributed by atoms with Gasteiger partial charge in [-0.1, -0.05) is 61.9 Å². The highest BCUT2D eigenvalue weighted by atomic mass is 32.2. The Balaban J connectivity index is 1.71. The molecular formula is C22H24N4O2S. The number of hydrogen-bond donors (Lipinski definition) is 1. The maximum Gasteiger partial charge on any atom is 0.247 e. The van der Waals surface area contributed by atoms with Crippen LogP contribution in [0.25, 0.3) is 11.3 Å². The highest BCUT2D eigenvalue weighted by molar-refractivity contribution is 7.99. The summed E-state index contributed by atoms with van der Waals surface area (Å²) in [6.45, 7) is 2.20. The first-order valence-corrected chi connectivity index (χ1v) is 10.8. The van der Waals surface area contributed by atoms with Crippen molar-refractivity contribution in [2.45, 2.75) is 37.6 Å². The Labute approximate surface area is 175 Å². The number of anilines is 1. The number of methoxy groups -OCH3 is 1. The minimum atomic E-state index is -0.455. The van der Waals surface area contributed by atoms with Gasteiger partial charge in [0, 0.05) is 17.0 Å². The van der Waals surface area contributed by atoms with Crippen LogP contribution < -0.4 is 14.8 Å². The lowest BCUT2D eigenvalue weighted by Crippen LogP contribution is -2.18. The molecule has 1 atom stereocenters. The third-order valence-corrected chi connectivity index (χ3v) is 5.66. The summed E-state index contributed by atoms with van der Waals surface area (Å²) in [4.78, 5) is 4.69. The van der Waals surface area contributed by atoms with Crippen LogP contribution in [-0.2, 0) is 0 Å². The molecule has 3 aromatic rings. The fraction of sp³-hybridized carbons (Fsp3) is 0.318. The molecule has 2 heterocycles. The molecule has 2 aromatic carbocycles. The van der Waals surface area contributed by atoms with Crippen LogP contribution in [0.3, 0.4) is 0 Å². The molecule has 0 radical (unpaired) electrons. The average Bonchev–Trinajstić information content (AvgIpc) is 2.93. The Morgan fingerprint density at radius 3 is 2.76 bits per heavy atom. The third-order valence-electron chi connectivity index (χ3n) is 4.73. The SMILES string of the molecule is CCCCCSc1nnc2c(n1)O[C@H](c1ccccc1OC)Nc1ccccc1-2. The summed E-state index contributed by atoms with van der Waals surface area (Å²) in [6.07, 6.45) is 3.07. The van der Waals surface area contributed by atoms with Crippen LogP contribution in [0.4, 0.5) is 5.69 Å². The summed E-state index contributed by atoms with van der Waals surface area (Å²) < 4.78 is 11.9. The molecule has 1 aliphatic heterocycles. The van der Waals surface area contributed by atoms with Gasteiger partial charge in [-0.15, -0.1) is 10.2 Å². The van der Waals surface area contributed by atoms with Crippen LogP contribution in [0.2, 0.25) is 0 Å². The zero-order chi connectivity index (χ0) is 20.1. The van der Waals surface area contributed by atoms with Gasteiger partial charge in [0.25, 0.3) is 0 Å². The predicted molar refractivity (Wildman–Crippen MR) is 115 cm³/mol. The van der Waals surface area contributed by atoms with Crippen LogP contribution in [0.15, 0.2) is 53.7 Å². The molecule has 29 heavy (non-hydrogen) atoms. The van der Waals surface area contributed by atoms with E-state index in [9.17, 15) is 0 Å². The second kappa shape index (κ2) is 9.13. The number of fused-ring (bicyclic) bond motifs is 3. The minimum absolute atomic E-state index is 0.455. The topological polar surface area (TPSA) is 69.2 Å². The second-order valence-corrected chi connectivity index (χ2v) is 7.80. The molecule has 0 spiro atoms. The summed E-state index contributed by atoms with van der Waals surface area (Å²) in [5, 5.41) is 12.9. The highest BCUT2D eigenvalue weighted by Crippen LogP contribution is 2.40. The van der Waals surface area contributed by atoms with Crippen LogP contribution in [-0.4, -0.2) is 28.0 Å². The normalized spacial score (nSPS) is 14.8. The van der Waals surface area contributed by atoms with Crippen molar-refractivity contribution in [1.82, 2.24) is 15.2 Å². The van der Waals surface area contributed by atoms with E-state index in [1.165, 1.54) is 12.8 Å². The largest absolute Gasteiger partial charge is 0.496 e. The molecule has 1 N–H and O–H groups in total. The van der Waals surface area contributed by atoms with E-state index < -0.39 is 6.23 Å². The van der Waals surface area contributed by atoms with Gasteiger partial charge in [-0.25, -0.2) is 0 Å². The van der Waals surface area contributed by atoms with Crippen molar-refractivity contribution < 1.29 is 9.47 Å². The third kappa shape index (κ3) is 4.29. The van der Waals surface area contributed by atoms with Crippen LogP contribution in [0.5, 0.6) is 11.6 Å². The van der Waals surface area contributed by atoms with E-state index in [1.807, 2.05) is 48.5 Å². The number of ether oxygens (including phenoxy) is 2. The summed E-state index contributed by atoms with van der Waals surface area (Å²) in [7, 11) is 1.66. The van der Waals surface area contributed by atoms with E-state index in [2.05, 4.69) is 27.4 Å². The lowest BCUT2D eigenvalue weighted by Gasteiger charge is -2.21. The van der Waals surface area contributed by atoms with Gasteiger partial charge in [0.1, 0.15) is 5.75 Å². The number of hydrogen-bond acceptors (Lipinski definition) is 7. The Morgan fingerprint density at radius 2 is 1.90 bits per heavy atom. The standard InChI is InChI=1S/C22H24N4O2S/c1-3-4-9-14-29-22-24-21-19(25-26-22)15-10-5-7-12-17(15)23-20(28-21)16-11-6-8-13-18(16)27-2/h5-8,10-13,20,23H,3-4,9,14H2,1-2H3/t20-/m1/s1. The number of benzene rings is 2.